The summed E-state index contributed by atoms with van der Waals surface area (Å²) in [5.74, 6) is 4.31. The molecule has 11 heteroatoms. The summed E-state index contributed by atoms with van der Waals surface area (Å²) in [6.45, 7) is 0.338. The maximum Gasteiger partial charge on any atom is 0.330 e. The highest BCUT2D eigenvalue weighted by atomic mass is 35.5. The number of aliphatic hydroxyl groups is 2. The second kappa shape index (κ2) is 6.41. The van der Waals surface area contributed by atoms with E-state index in [0.717, 1.165) is 10.6 Å². The van der Waals surface area contributed by atoms with Crippen molar-refractivity contribution in [1.82, 2.24) is 9.55 Å². The largest absolute Gasteiger partial charge is 0.406 e. The highest BCUT2D eigenvalue weighted by Gasteiger charge is 2.59. The molecule has 2 rings (SSSR count). The van der Waals surface area contributed by atoms with Gasteiger partial charge in [0, 0.05) is 17.2 Å². The van der Waals surface area contributed by atoms with Gasteiger partial charge in [-0.25, -0.2) is 9.18 Å². The molecule has 1 aromatic heterocycles. The zero-order valence-corrected chi connectivity index (χ0v) is 13.2. The van der Waals surface area contributed by atoms with Crippen LogP contribution in [0.15, 0.2) is 15.7 Å². The molecule has 1 fully saturated rings. The Labute approximate surface area is 143 Å². The number of ether oxygens (including phenoxy) is 1. The Bertz CT molecular complexity index is 812. The first kappa shape index (κ1) is 18.8. The van der Waals surface area contributed by atoms with Gasteiger partial charge in [0.1, 0.15) is 34.6 Å². The lowest BCUT2D eigenvalue weighted by Gasteiger charge is -2.29. The molecule has 0 bridgehead atoms. The third kappa shape index (κ3) is 3.17. The maximum absolute atomic E-state index is 12.4. The maximum atomic E-state index is 12.4. The van der Waals surface area contributed by atoms with E-state index in [0.29, 0.717) is 0 Å². The van der Waals surface area contributed by atoms with Crippen LogP contribution >= 0.6 is 11.6 Å². The predicted octanol–water partition coefficient (Wildman–Crippen LogP) is -1.96. The lowest BCUT2D eigenvalue weighted by atomic mass is 9.60. The molecule has 0 aromatic carbocycles. The number of hydrogen-bond donors (Lipinski definition) is 3. The first-order valence-corrected chi connectivity index (χ1v) is 7.11. The van der Waals surface area contributed by atoms with Gasteiger partial charge >= 0.3 is 5.69 Å². The molecule has 24 heavy (non-hydrogen) atoms. The van der Waals surface area contributed by atoms with Gasteiger partial charge in [-0.15, -0.1) is 0 Å². The smallest absolute Gasteiger partial charge is 0.330 e. The number of aromatic nitrogens is 2. The number of aryl methyl sites for hydroxylation is 1. The normalized spacial score (nSPS) is 30.0. The minimum atomic E-state index is -2.51. The lowest BCUT2D eigenvalue weighted by molar-refractivity contribution is -0.0737. The molecular weight excluding hydrogens is 340 g/mol. The topological polar surface area (TPSA) is 105 Å². The average Bonchev–Trinajstić information content (AvgIpc) is 2.69. The SMILES string of the molecule is [B]C([B])(O)C1O[C@@H](n2c(C)cc(=O)[nH]c2=O)[C@@](Cl)(C#CCF)C1O. The number of aromatic amines is 1. The molecule has 0 saturated carbocycles. The number of nitrogens with one attached hydrogen (secondary N) is 1. The molecule has 0 aliphatic carbocycles. The van der Waals surface area contributed by atoms with Crippen molar-refractivity contribution in [2.45, 2.75) is 35.6 Å². The molecule has 4 radical (unpaired) electrons. The predicted molar refractivity (Wildman–Crippen MR) is 84.8 cm³/mol. The molecule has 2 heterocycles. The molecule has 1 aliphatic heterocycles. The number of hydrogen-bond acceptors (Lipinski definition) is 5. The molecule has 1 aliphatic rings. The van der Waals surface area contributed by atoms with Crippen LogP contribution in [-0.4, -0.2) is 64.6 Å². The van der Waals surface area contributed by atoms with Crippen molar-refractivity contribution in [3.8, 4) is 11.8 Å². The fourth-order valence-corrected chi connectivity index (χ4v) is 2.84. The van der Waals surface area contributed by atoms with Gasteiger partial charge in [0.05, 0.1) is 0 Å². The number of alkyl halides is 2. The number of nitrogens with zero attached hydrogens (tertiary/aromatic N) is 1. The highest BCUT2D eigenvalue weighted by Crippen LogP contribution is 2.45. The van der Waals surface area contributed by atoms with Gasteiger partial charge in [0.15, 0.2) is 11.1 Å². The van der Waals surface area contributed by atoms with Crippen LogP contribution < -0.4 is 11.2 Å². The van der Waals surface area contributed by atoms with Gasteiger partial charge in [-0.1, -0.05) is 23.4 Å². The van der Waals surface area contributed by atoms with Gasteiger partial charge in [-0.05, 0) is 6.92 Å². The average molecular weight is 352 g/mol. The summed E-state index contributed by atoms with van der Waals surface area (Å²) in [5, 5.41) is 17.6. The van der Waals surface area contributed by atoms with Gasteiger partial charge in [-0.3, -0.25) is 14.3 Å². The molecule has 7 nitrogen and oxygen atoms in total. The highest BCUT2D eigenvalue weighted by molar-refractivity contribution is 6.39. The Balaban J connectivity index is 2.66. The van der Waals surface area contributed by atoms with E-state index < -0.39 is 46.6 Å². The zero-order chi connectivity index (χ0) is 18.3. The quantitative estimate of drug-likeness (QED) is 0.326. The van der Waals surface area contributed by atoms with Gasteiger partial charge < -0.3 is 14.9 Å². The van der Waals surface area contributed by atoms with Crippen molar-refractivity contribution in [3.05, 3.63) is 32.6 Å². The monoisotopic (exact) mass is 352 g/mol. The Morgan fingerprint density at radius 3 is 2.71 bits per heavy atom. The van der Waals surface area contributed by atoms with Crippen molar-refractivity contribution in [2.75, 3.05) is 6.67 Å². The van der Waals surface area contributed by atoms with Crippen LogP contribution in [0.4, 0.5) is 4.39 Å². The van der Waals surface area contributed by atoms with Crippen LogP contribution in [0.25, 0.3) is 0 Å². The third-order valence-corrected chi connectivity index (χ3v) is 4.06. The standard InChI is InChI=1S/C13H12B2ClFN2O5/c1-6-5-7(20)18-11(22)19(6)10-12(16,3-2-4-17)8(21)9(24-10)13(14,15)23/h5,8-10,21,23H,4H2,1H3,(H,18,20,22)/t8?,9?,10-,12-/m1/s1. The summed E-state index contributed by atoms with van der Waals surface area (Å²) >= 11 is 6.30. The van der Waals surface area contributed by atoms with Crippen molar-refractivity contribution in [1.29, 1.82) is 0 Å². The molecule has 4 atom stereocenters. The summed E-state index contributed by atoms with van der Waals surface area (Å²) in [6, 6.07) is 1.08. The van der Waals surface area contributed by atoms with E-state index in [4.69, 9.17) is 32.0 Å². The number of rotatable bonds is 2. The van der Waals surface area contributed by atoms with Crippen LogP contribution in [0.3, 0.4) is 0 Å². The molecule has 3 N–H and O–H groups in total. The minimum absolute atomic E-state index is 0.131. The fraction of sp³-hybridized carbons (Fsp3) is 0.538. The molecule has 124 valence electrons. The first-order chi connectivity index (χ1) is 11.0. The Morgan fingerprint density at radius 2 is 2.21 bits per heavy atom. The summed E-state index contributed by atoms with van der Waals surface area (Å²) < 4.78 is 18.7. The van der Waals surface area contributed by atoms with E-state index in [9.17, 15) is 24.2 Å². The van der Waals surface area contributed by atoms with E-state index in [1.165, 1.54) is 6.92 Å². The molecule has 0 spiro atoms. The minimum Gasteiger partial charge on any atom is -0.406 e. The zero-order valence-electron chi connectivity index (χ0n) is 12.5. The number of aliphatic hydroxyl groups excluding tert-OH is 1. The van der Waals surface area contributed by atoms with Crippen molar-refractivity contribution in [3.63, 3.8) is 0 Å². The molecule has 2 unspecified atom stereocenters. The van der Waals surface area contributed by atoms with Crippen LogP contribution in [0, 0.1) is 18.8 Å². The van der Waals surface area contributed by atoms with Crippen molar-refractivity contribution < 1.29 is 19.3 Å². The number of halogens is 2. The lowest BCUT2D eigenvalue weighted by Crippen LogP contribution is -2.52. The first-order valence-electron chi connectivity index (χ1n) is 6.73. The summed E-state index contributed by atoms with van der Waals surface area (Å²) in [6.07, 6.45) is -4.89. The molecule has 1 aromatic rings. The Morgan fingerprint density at radius 1 is 1.58 bits per heavy atom. The fourth-order valence-electron chi connectivity index (χ4n) is 2.51. The van der Waals surface area contributed by atoms with Gasteiger partial charge in [0.2, 0.25) is 0 Å². The van der Waals surface area contributed by atoms with E-state index in [1.54, 1.807) is 0 Å². The number of H-pyrrole nitrogens is 1. The summed E-state index contributed by atoms with van der Waals surface area (Å²) in [7, 11) is 10.7. The van der Waals surface area contributed by atoms with E-state index in [-0.39, 0.29) is 5.69 Å². The Kier molecular flexibility index (Phi) is 5.02. The van der Waals surface area contributed by atoms with Gasteiger partial charge in [0.25, 0.3) is 5.56 Å². The molecule has 1 saturated heterocycles. The van der Waals surface area contributed by atoms with Crippen molar-refractivity contribution >= 4 is 27.3 Å². The van der Waals surface area contributed by atoms with Crippen LogP contribution in [0.1, 0.15) is 11.9 Å². The second-order valence-electron chi connectivity index (χ2n) is 5.39. The molecule has 0 amide bonds. The third-order valence-electron chi connectivity index (χ3n) is 3.56. The van der Waals surface area contributed by atoms with E-state index in [2.05, 4.69) is 5.92 Å². The van der Waals surface area contributed by atoms with Gasteiger partial charge in [-0.2, -0.15) is 0 Å². The van der Waals surface area contributed by atoms with E-state index >= 15 is 0 Å². The van der Waals surface area contributed by atoms with Crippen LogP contribution in [0.5, 0.6) is 0 Å². The summed E-state index contributed by atoms with van der Waals surface area (Å²) in [4.78, 5) is 23.4. The Hall–Kier alpha value is -1.53. The second-order valence-corrected chi connectivity index (χ2v) is 6.02. The van der Waals surface area contributed by atoms with Crippen molar-refractivity contribution in [2.24, 2.45) is 0 Å². The van der Waals surface area contributed by atoms with Crippen LogP contribution in [-0.2, 0) is 4.74 Å². The van der Waals surface area contributed by atoms with Crippen LogP contribution in [0.2, 0.25) is 0 Å². The molecular formula is C13H12B2ClFN2O5. The summed E-state index contributed by atoms with van der Waals surface area (Å²) in [5.41, 5.74) is -1.43. The van der Waals surface area contributed by atoms with E-state index in [1.807, 2.05) is 10.9 Å².